The number of ether oxygens (including phenoxy) is 2. The molecule has 0 spiro atoms. The van der Waals surface area contributed by atoms with Crippen molar-refractivity contribution in [1.82, 2.24) is 14.5 Å². The molecule has 0 fully saturated rings. The zero-order valence-electron chi connectivity index (χ0n) is 17.5. The molecule has 2 aromatic heterocycles. The van der Waals surface area contributed by atoms with Crippen LogP contribution >= 0.6 is 36.4 Å². The number of rotatable bonds is 6. The van der Waals surface area contributed by atoms with Crippen molar-refractivity contribution in [3.63, 3.8) is 0 Å². The van der Waals surface area contributed by atoms with Gasteiger partial charge in [0.25, 0.3) is 0 Å². The molecule has 0 unspecified atom stereocenters. The van der Waals surface area contributed by atoms with E-state index in [-0.39, 0.29) is 41.3 Å². The van der Waals surface area contributed by atoms with E-state index in [1.807, 2.05) is 17.7 Å². The van der Waals surface area contributed by atoms with Gasteiger partial charge < -0.3 is 25.1 Å². The molecule has 0 saturated carbocycles. The molecule has 0 atom stereocenters. The lowest BCUT2D eigenvalue weighted by molar-refractivity contribution is -0.274. The van der Waals surface area contributed by atoms with E-state index in [9.17, 15) is 13.2 Å². The smallest absolute Gasteiger partial charge is 0.456 e. The summed E-state index contributed by atoms with van der Waals surface area (Å²) in [6.45, 7) is 0.360. The van der Waals surface area contributed by atoms with Gasteiger partial charge in [0.05, 0.1) is 10.5 Å². The van der Waals surface area contributed by atoms with Crippen LogP contribution in [0.1, 0.15) is 5.69 Å². The third-order valence-electron chi connectivity index (χ3n) is 4.59. The highest BCUT2D eigenvalue weighted by atomic mass is 35.5. The Labute approximate surface area is 209 Å². The van der Waals surface area contributed by atoms with Gasteiger partial charge in [-0.05, 0) is 36.4 Å². The highest BCUT2D eigenvalue weighted by Crippen LogP contribution is 2.35. The van der Waals surface area contributed by atoms with Crippen molar-refractivity contribution in [3.05, 3.63) is 65.6 Å². The van der Waals surface area contributed by atoms with Gasteiger partial charge in [0.15, 0.2) is 5.82 Å². The first-order valence-electron chi connectivity index (χ1n) is 9.33. The summed E-state index contributed by atoms with van der Waals surface area (Å²) in [6, 6.07) is 12.0. The van der Waals surface area contributed by atoms with E-state index < -0.39 is 12.1 Å². The molecule has 0 aliphatic carbocycles. The third kappa shape index (κ3) is 6.15. The van der Waals surface area contributed by atoms with E-state index in [1.54, 1.807) is 18.2 Å². The number of halogens is 6. The first-order valence-corrected chi connectivity index (χ1v) is 9.71. The van der Waals surface area contributed by atoms with Crippen molar-refractivity contribution in [2.24, 2.45) is 12.8 Å². The van der Waals surface area contributed by atoms with E-state index in [0.717, 1.165) is 22.8 Å². The minimum Gasteiger partial charge on any atom is -0.456 e. The Bertz CT molecular complexity index is 1280. The Kier molecular flexibility index (Phi) is 8.84. The van der Waals surface area contributed by atoms with Crippen molar-refractivity contribution in [2.75, 3.05) is 5.32 Å². The number of aryl methyl sites for hydroxylation is 1. The monoisotopic (exact) mass is 535 g/mol. The van der Waals surface area contributed by atoms with Crippen molar-refractivity contribution in [3.8, 4) is 17.2 Å². The summed E-state index contributed by atoms with van der Waals surface area (Å²) in [5, 5.41) is 3.44. The topological polar surface area (TPSA) is 87.2 Å². The van der Waals surface area contributed by atoms with Crippen LogP contribution in [0.3, 0.4) is 0 Å². The van der Waals surface area contributed by atoms with Crippen molar-refractivity contribution in [2.45, 2.75) is 12.9 Å². The standard InChI is InChI=1S/C21H17ClF3N5O2.2ClH/c1-30-13(10-26)8-17-19(30)20(28-11-27-17)29-12-5-6-18(16(22)7-12)31-14-3-2-4-15(9-14)32-21(23,24)25;;/h2-9,11H,10,26H2,1H3,(H,27,28,29);2*1H. The van der Waals surface area contributed by atoms with Crippen LogP contribution in [0.4, 0.5) is 24.7 Å². The SMILES string of the molecule is Cl.Cl.Cn1c(CN)cc2ncnc(Nc3ccc(Oc4cccc(OC(F)(F)F)c4)c(Cl)c3)c21. The summed E-state index contributed by atoms with van der Waals surface area (Å²) in [5.41, 5.74) is 8.84. The second kappa shape index (κ2) is 11.0. The van der Waals surface area contributed by atoms with Crippen LogP contribution in [-0.4, -0.2) is 20.9 Å². The Morgan fingerprint density at radius 1 is 1.06 bits per heavy atom. The normalized spacial score (nSPS) is 10.9. The predicted octanol–water partition coefficient (Wildman–Crippen LogP) is 6.36. The number of fused-ring (bicyclic) bond motifs is 1. The van der Waals surface area contributed by atoms with Crippen LogP contribution in [-0.2, 0) is 13.6 Å². The summed E-state index contributed by atoms with van der Waals surface area (Å²) in [6.07, 6.45) is -3.35. The number of benzene rings is 2. The molecular weight excluding hydrogens is 518 g/mol. The Balaban J connectivity index is 0.00000204. The fourth-order valence-corrected chi connectivity index (χ4v) is 3.39. The van der Waals surface area contributed by atoms with Gasteiger partial charge >= 0.3 is 6.36 Å². The Hall–Kier alpha value is -2.92. The fourth-order valence-electron chi connectivity index (χ4n) is 3.17. The van der Waals surface area contributed by atoms with Crippen LogP contribution in [0, 0.1) is 0 Å². The van der Waals surface area contributed by atoms with Crippen molar-refractivity contribution in [1.29, 1.82) is 0 Å². The van der Waals surface area contributed by atoms with E-state index in [4.69, 9.17) is 22.1 Å². The summed E-state index contributed by atoms with van der Waals surface area (Å²) < 4.78 is 48.7. The summed E-state index contributed by atoms with van der Waals surface area (Å²) >= 11 is 6.34. The highest BCUT2D eigenvalue weighted by molar-refractivity contribution is 6.32. The first-order chi connectivity index (χ1) is 15.2. The van der Waals surface area contributed by atoms with Crippen LogP contribution in [0.2, 0.25) is 5.02 Å². The van der Waals surface area contributed by atoms with E-state index in [1.165, 1.54) is 24.5 Å². The predicted molar refractivity (Wildman–Crippen MR) is 129 cm³/mol. The van der Waals surface area contributed by atoms with Crippen molar-refractivity contribution >= 4 is 59.0 Å². The summed E-state index contributed by atoms with van der Waals surface area (Å²) in [4.78, 5) is 8.57. The van der Waals surface area contributed by atoms with Gasteiger partial charge in [-0.15, -0.1) is 38.0 Å². The number of nitrogens with two attached hydrogens (primary N) is 1. The van der Waals surface area contributed by atoms with Crippen molar-refractivity contribution < 1.29 is 22.6 Å². The number of hydrogen-bond acceptors (Lipinski definition) is 6. The number of anilines is 2. The minimum atomic E-state index is -4.79. The van der Waals surface area contributed by atoms with Gasteiger partial charge in [-0.1, -0.05) is 17.7 Å². The second-order valence-corrected chi connectivity index (χ2v) is 7.16. The van der Waals surface area contributed by atoms with E-state index >= 15 is 0 Å². The molecule has 13 heteroatoms. The number of alkyl halides is 3. The molecule has 4 rings (SSSR count). The molecule has 0 amide bonds. The molecule has 2 heterocycles. The van der Waals surface area contributed by atoms with Crippen LogP contribution < -0.4 is 20.5 Å². The molecule has 2 aromatic carbocycles. The third-order valence-corrected chi connectivity index (χ3v) is 4.89. The lowest BCUT2D eigenvalue weighted by atomic mass is 10.3. The van der Waals surface area contributed by atoms with E-state index in [2.05, 4.69) is 20.0 Å². The largest absolute Gasteiger partial charge is 0.573 e. The quantitative estimate of drug-likeness (QED) is 0.298. The van der Waals surface area contributed by atoms with Gasteiger partial charge in [-0.2, -0.15) is 0 Å². The maximum Gasteiger partial charge on any atom is 0.573 e. The highest BCUT2D eigenvalue weighted by Gasteiger charge is 2.31. The number of hydrogen-bond donors (Lipinski definition) is 2. The Morgan fingerprint density at radius 2 is 1.79 bits per heavy atom. The van der Waals surface area contributed by atoms with Crippen LogP contribution in [0.15, 0.2) is 54.9 Å². The average Bonchev–Trinajstić information content (AvgIpc) is 3.06. The minimum absolute atomic E-state index is 0. The molecule has 34 heavy (non-hydrogen) atoms. The van der Waals surface area contributed by atoms with Gasteiger partial charge in [0.1, 0.15) is 29.1 Å². The molecule has 0 radical (unpaired) electrons. The fraction of sp³-hybridized carbons (Fsp3) is 0.143. The van der Waals surface area contributed by atoms with Gasteiger partial charge in [-0.25, -0.2) is 9.97 Å². The molecular formula is C21H19Cl3F3N5O2. The molecule has 4 aromatic rings. The Morgan fingerprint density at radius 3 is 2.47 bits per heavy atom. The second-order valence-electron chi connectivity index (χ2n) is 6.75. The molecule has 3 N–H and O–H groups in total. The first kappa shape index (κ1) is 27.3. The zero-order chi connectivity index (χ0) is 22.9. The lowest BCUT2D eigenvalue weighted by Gasteiger charge is -2.13. The van der Waals surface area contributed by atoms with Gasteiger partial charge in [0.2, 0.25) is 0 Å². The molecule has 0 aliphatic rings. The van der Waals surface area contributed by atoms with Crippen LogP contribution in [0.25, 0.3) is 11.0 Å². The maximum absolute atomic E-state index is 12.4. The number of nitrogens with zero attached hydrogens (tertiary/aromatic N) is 3. The maximum atomic E-state index is 12.4. The zero-order valence-corrected chi connectivity index (χ0v) is 19.9. The molecule has 7 nitrogen and oxygen atoms in total. The molecule has 0 aliphatic heterocycles. The number of aromatic nitrogens is 3. The summed E-state index contributed by atoms with van der Waals surface area (Å²) in [5.74, 6) is 0.582. The van der Waals surface area contributed by atoms with Gasteiger partial charge in [0, 0.05) is 31.0 Å². The number of nitrogens with one attached hydrogen (secondary N) is 1. The average molecular weight is 537 g/mol. The molecule has 182 valence electrons. The van der Waals surface area contributed by atoms with E-state index in [0.29, 0.717) is 18.1 Å². The van der Waals surface area contributed by atoms with Crippen LogP contribution in [0.5, 0.6) is 17.2 Å². The van der Waals surface area contributed by atoms with Gasteiger partial charge in [-0.3, -0.25) is 0 Å². The molecule has 0 bridgehead atoms. The summed E-state index contributed by atoms with van der Waals surface area (Å²) in [7, 11) is 1.87. The lowest BCUT2D eigenvalue weighted by Crippen LogP contribution is -2.17. The molecule has 0 saturated heterocycles.